The summed E-state index contributed by atoms with van der Waals surface area (Å²) >= 11 is 0. The van der Waals surface area contributed by atoms with Gasteiger partial charge in [-0.1, -0.05) is 54.1 Å². The number of nitrogens with two attached hydrogens (primary N) is 1. The summed E-state index contributed by atoms with van der Waals surface area (Å²) in [6, 6.07) is 20.3. The van der Waals surface area contributed by atoms with Gasteiger partial charge >= 0.3 is 0 Å². The average Bonchev–Trinajstić information content (AvgIpc) is 2.61. The van der Waals surface area contributed by atoms with Crippen LogP contribution in [0.4, 0.5) is 0 Å². The minimum absolute atomic E-state index is 0. The van der Waals surface area contributed by atoms with Crippen LogP contribution in [0.5, 0.6) is 5.88 Å². The van der Waals surface area contributed by atoms with E-state index in [9.17, 15) is 0 Å². The highest BCUT2D eigenvalue weighted by Crippen LogP contribution is 2.25. The Balaban J connectivity index is 0.00000208. The van der Waals surface area contributed by atoms with Crippen LogP contribution in [-0.2, 0) is 13.2 Å². The summed E-state index contributed by atoms with van der Waals surface area (Å²) in [5.74, 6) is 0.624. The number of aromatic nitrogens is 1. The molecule has 0 aliphatic carbocycles. The number of halogens is 1. The molecule has 0 unspecified atom stereocenters. The Morgan fingerprint density at radius 2 is 1.79 bits per heavy atom. The molecule has 0 aliphatic rings. The monoisotopic (exact) mass is 340 g/mol. The smallest absolute Gasteiger partial charge is 0.213 e. The molecule has 3 aromatic rings. The molecule has 124 valence electrons. The molecule has 1 aromatic heterocycles. The Kier molecular flexibility index (Phi) is 6.36. The first kappa shape index (κ1) is 18.0. The molecule has 3 rings (SSSR count). The summed E-state index contributed by atoms with van der Waals surface area (Å²) in [6.07, 6.45) is 1.84. The minimum atomic E-state index is 0. The number of rotatable bonds is 5. The molecule has 0 saturated carbocycles. The maximum atomic E-state index is 5.85. The molecule has 0 amide bonds. The number of ether oxygens (including phenoxy) is 1. The van der Waals surface area contributed by atoms with Crippen molar-refractivity contribution in [2.45, 2.75) is 20.1 Å². The number of hydrogen-bond acceptors (Lipinski definition) is 3. The van der Waals surface area contributed by atoms with Crippen LogP contribution >= 0.6 is 12.4 Å². The van der Waals surface area contributed by atoms with E-state index in [1.165, 1.54) is 5.56 Å². The van der Waals surface area contributed by atoms with Gasteiger partial charge in [0.2, 0.25) is 5.88 Å². The third-order valence-corrected chi connectivity index (χ3v) is 3.76. The maximum Gasteiger partial charge on any atom is 0.213 e. The molecule has 0 spiro atoms. The van der Waals surface area contributed by atoms with Crippen molar-refractivity contribution in [1.29, 1.82) is 0 Å². The van der Waals surface area contributed by atoms with Crippen molar-refractivity contribution in [3.05, 3.63) is 83.6 Å². The molecule has 3 nitrogen and oxygen atoms in total. The van der Waals surface area contributed by atoms with Crippen LogP contribution in [0.25, 0.3) is 11.1 Å². The first-order chi connectivity index (χ1) is 11.3. The van der Waals surface area contributed by atoms with Gasteiger partial charge in [-0.3, -0.25) is 0 Å². The highest BCUT2D eigenvalue weighted by Gasteiger charge is 2.05. The van der Waals surface area contributed by atoms with Gasteiger partial charge in [-0.05, 0) is 29.7 Å². The summed E-state index contributed by atoms with van der Waals surface area (Å²) < 4.78 is 5.72. The fraction of sp³-hybridized carbons (Fsp3) is 0.150. The van der Waals surface area contributed by atoms with Crippen molar-refractivity contribution in [2.24, 2.45) is 5.73 Å². The van der Waals surface area contributed by atoms with Crippen molar-refractivity contribution in [3.63, 3.8) is 0 Å². The van der Waals surface area contributed by atoms with E-state index in [-0.39, 0.29) is 12.4 Å². The van der Waals surface area contributed by atoms with E-state index in [2.05, 4.69) is 30.1 Å². The lowest BCUT2D eigenvalue weighted by Gasteiger charge is -2.10. The normalized spacial score (nSPS) is 10.1. The molecule has 1 heterocycles. The zero-order valence-electron chi connectivity index (χ0n) is 13.6. The Bertz CT molecular complexity index is 773. The molecule has 2 aromatic carbocycles. The molecule has 0 saturated heterocycles. The second-order valence-electron chi connectivity index (χ2n) is 5.52. The highest BCUT2D eigenvalue weighted by molar-refractivity contribution is 5.85. The molecule has 0 atom stereocenters. The molecule has 24 heavy (non-hydrogen) atoms. The summed E-state index contributed by atoms with van der Waals surface area (Å²) in [5, 5.41) is 0. The molecule has 4 heteroatoms. The van der Waals surface area contributed by atoms with Gasteiger partial charge < -0.3 is 10.5 Å². The van der Waals surface area contributed by atoms with Crippen LogP contribution < -0.4 is 10.5 Å². The maximum absolute atomic E-state index is 5.85. The molecule has 0 radical (unpaired) electrons. The van der Waals surface area contributed by atoms with Crippen LogP contribution in [0, 0.1) is 6.92 Å². The number of benzene rings is 2. The zero-order chi connectivity index (χ0) is 16.1. The Labute approximate surface area is 148 Å². The van der Waals surface area contributed by atoms with E-state index in [0.29, 0.717) is 19.0 Å². The predicted octanol–water partition coefficient (Wildman–Crippen LogP) is 4.52. The molecule has 0 aliphatic heterocycles. The van der Waals surface area contributed by atoms with Crippen LogP contribution in [0.2, 0.25) is 0 Å². The van der Waals surface area contributed by atoms with Crippen molar-refractivity contribution in [2.75, 3.05) is 0 Å². The van der Waals surface area contributed by atoms with Crippen molar-refractivity contribution in [1.82, 2.24) is 4.98 Å². The van der Waals surface area contributed by atoms with Gasteiger partial charge in [-0.2, -0.15) is 0 Å². The number of hydrogen-bond donors (Lipinski definition) is 1. The van der Waals surface area contributed by atoms with Gasteiger partial charge in [0.25, 0.3) is 0 Å². The molecule has 0 bridgehead atoms. The Morgan fingerprint density at radius 3 is 2.46 bits per heavy atom. The summed E-state index contributed by atoms with van der Waals surface area (Å²) in [5.41, 5.74) is 11.5. The number of nitrogens with zero attached hydrogens (tertiary/aromatic N) is 1. The van der Waals surface area contributed by atoms with E-state index in [4.69, 9.17) is 10.5 Å². The van der Waals surface area contributed by atoms with Crippen molar-refractivity contribution >= 4 is 12.4 Å². The third kappa shape index (κ3) is 4.34. The lowest BCUT2D eigenvalue weighted by Crippen LogP contribution is -2.00. The fourth-order valence-electron chi connectivity index (χ4n) is 2.53. The lowest BCUT2D eigenvalue weighted by atomic mass is 9.99. The van der Waals surface area contributed by atoms with E-state index < -0.39 is 0 Å². The van der Waals surface area contributed by atoms with Crippen molar-refractivity contribution < 1.29 is 4.74 Å². The summed E-state index contributed by atoms with van der Waals surface area (Å²) in [4.78, 5) is 4.40. The molecule has 0 fully saturated rings. The number of aryl methyl sites for hydroxylation is 1. The van der Waals surface area contributed by atoms with Crippen LogP contribution in [0.3, 0.4) is 0 Å². The second kappa shape index (κ2) is 8.48. The zero-order valence-corrected chi connectivity index (χ0v) is 14.4. The third-order valence-electron chi connectivity index (χ3n) is 3.76. The molecular formula is C20H21ClN2O. The SMILES string of the molecule is Cc1ccc(-c2ccc(OCc3ccccc3)nc2)c(CN)c1.Cl. The van der Waals surface area contributed by atoms with E-state index in [1.807, 2.05) is 48.7 Å². The van der Waals surface area contributed by atoms with Gasteiger partial charge in [0.1, 0.15) is 6.61 Å². The van der Waals surface area contributed by atoms with Gasteiger partial charge in [0.05, 0.1) is 0 Å². The van der Waals surface area contributed by atoms with Crippen LogP contribution in [0.1, 0.15) is 16.7 Å². The summed E-state index contributed by atoms with van der Waals surface area (Å²) in [6.45, 7) is 3.11. The molecule has 2 N–H and O–H groups in total. The van der Waals surface area contributed by atoms with Crippen molar-refractivity contribution in [3.8, 4) is 17.0 Å². The average molecular weight is 341 g/mol. The standard InChI is InChI=1S/C20H20N2O.ClH/c1-15-7-9-19(18(11-15)12-21)17-8-10-20(22-13-17)23-14-16-5-3-2-4-6-16;/h2-11,13H,12,14,21H2,1H3;1H. The van der Waals surface area contributed by atoms with E-state index in [1.54, 1.807) is 0 Å². The Hall–Kier alpha value is -2.36. The van der Waals surface area contributed by atoms with Gasteiger partial charge in [0.15, 0.2) is 0 Å². The Morgan fingerprint density at radius 1 is 1.00 bits per heavy atom. The van der Waals surface area contributed by atoms with Gasteiger partial charge in [0, 0.05) is 24.4 Å². The fourth-order valence-corrected chi connectivity index (χ4v) is 2.53. The number of pyridine rings is 1. The van der Waals surface area contributed by atoms with Gasteiger partial charge in [-0.15, -0.1) is 12.4 Å². The topological polar surface area (TPSA) is 48.1 Å². The summed E-state index contributed by atoms with van der Waals surface area (Å²) in [7, 11) is 0. The second-order valence-corrected chi connectivity index (χ2v) is 5.52. The van der Waals surface area contributed by atoms with E-state index in [0.717, 1.165) is 22.3 Å². The van der Waals surface area contributed by atoms with Crippen LogP contribution in [-0.4, -0.2) is 4.98 Å². The minimum Gasteiger partial charge on any atom is -0.473 e. The van der Waals surface area contributed by atoms with Gasteiger partial charge in [-0.25, -0.2) is 4.98 Å². The quantitative estimate of drug-likeness (QED) is 0.743. The highest BCUT2D eigenvalue weighted by atomic mass is 35.5. The first-order valence-corrected chi connectivity index (χ1v) is 7.69. The van der Waals surface area contributed by atoms with E-state index >= 15 is 0 Å². The van der Waals surface area contributed by atoms with Crippen LogP contribution in [0.15, 0.2) is 66.9 Å². The largest absolute Gasteiger partial charge is 0.473 e. The molecular weight excluding hydrogens is 320 g/mol. The predicted molar refractivity (Wildman–Crippen MR) is 100 cm³/mol. The lowest BCUT2D eigenvalue weighted by molar-refractivity contribution is 0.294. The first-order valence-electron chi connectivity index (χ1n) is 7.69.